The third kappa shape index (κ3) is 6.61. The smallest absolute Gasteiger partial charge is 0.322 e. The highest BCUT2D eigenvalue weighted by atomic mass is 32.2. The molecule has 0 radical (unpaired) electrons. The normalized spacial score (nSPS) is 12.0. The third-order valence-corrected chi connectivity index (χ3v) is 4.60. The van der Waals surface area contributed by atoms with Crippen LogP contribution in [0.25, 0.3) is 0 Å². The van der Waals surface area contributed by atoms with E-state index in [1.54, 1.807) is 0 Å². The number of carbonyl (C=O) groups is 2. The number of anilines is 1. The number of hydrogen-bond donors (Lipinski definition) is 6. The summed E-state index contributed by atoms with van der Waals surface area (Å²) in [4.78, 5) is 29.6. The van der Waals surface area contributed by atoms with Crippen LogP contribution in [0.1, 0.15) is 5.69 Å². The standard InChI is InChI=1S/C15H18N6O5S2/c16-28(25,26)11-3-1-9(2-4-11)20-15(27)21-12(5-10-6-17-8-19-10)14(24)18-7-13(22)23/h1-4,6,8,12H,5,7H2,(H,17,19)(H,18,24)(H,22,23)(H2,16,25,26)(H2,20,21,27)/t12-/m0/s1. The Hall–Kier alpha value is -3.03. The number of rotatable bonds is 8. The predicted molar refractivity (Wildman–Crippen MR) is 104 cm³/mol. The summed E-state index contributed by atoms with van der Waals surface area (Å²) in [6, 6.07) is 4.66. The summed E-state index contributed by atoms with van der Waals surface area (Å²) in [5.41, 5.74) is 1.11. The van der Waals surface area contributed by atoms with Gasteiger partial charge >= 0.3 is 5.97 Å². The van der Waals surface area contributed by atoms with E-state index in [1.165, 1.54) is 36.8 Å². The van der Waals surface area contributed by atoms with E-state index in [1.807, 2.05) is 0 Å². The Bertz CT molecular complexity index is 944. The zero-order valence-corrected chi connectivity index (χ0v) is 16.0. The van der Waals surface area contributed by atoms with E-state index in [0.717, 1.165) is 0 Å². The highest BCUT2D eigenvalue weighted by Gasteiger charge is 2.21. The van der Waals surface area contributed by atoms with Crippen molar-refractivity contribution < 1.29 is 23.1 Å². The number of aromatic nitrogens is 2. The number of nitrogens with two attached hydrogens (primary N) is 1. The van der Waals surface area contributed by atoms with Gasteiger partial charge < -0.3 is 26.0 Å². The number of aromatic amines is 1. The molecule has 0 aliphatic rings. The highest BCUT2D eigenvalue weighted by Crippen LogP contribution is 2.12. The molecule has 150 valence electrons. The molecule has 11 nitrogen and oxygen atoms in total. The number of carbonyl (C=O) groups excluding carboxylic acids is 1. The van der Waals surface area contributed by atoms with Crippen molar-refractivity contribution in [3.8, 4) is 0 Å². The summed E-state index contributed by atoms with van der Waals surface area (Å²) in [5.74, 6) is -1.74. The lowest BCUT2D eigenvalue weighted by atomic mass is 10.1. The number of nitrogens with one attached hydrogen (secondary N) is 4. The molecule has 2 aromatic rings. The van der Waals surface area contributed by atoms with Crippen molar-refractivity contribution in [2.24, 2.45) is 5.14 Å². The monoisotopic (exact) mass is 426 g/mol. The lowest BCUT2D eigenvalue weighted by molar-refractivity contribution is -0.138. The Kier molecular flexibility index (Phi) is 7.03. The number of thiocarbonyl (C=S) groups is 1. The van der Waals surface area contributed by atoms with Crippen LogP contribution < -0.4 is 21.1 Å². The van der Waals surface area contributed by atoms with E-state index in [0.29, 0.717) is 11.4 Å². The lowest BCUT2D eigenvalue weighted by Gasteiger charge is -2.19. The Morgan fingerprint density at radius 2 is 1.96 bits per heavy atom. The van der Waals surface area contributed by atoms with Gasteiger partial charge in [-0.15, -0.1) is 0 Å². The molecule has 28 heavy (non-hydrogen) atoms. The highest BCUT2D eigenvalue weighted by molar-refractivity contribution is 7.89. The first-order valence-electron chi connectivity index (χ1n) is 7.82. The minimum absolute atomic E-state index is 0.0536. The summed E-state index contributed by atoms with van der Waals surface area (Å²) >= 11 is 5.18. The Morgan fingerprint density at radius 3 is 2.50 bits per heavy atom. The maximum absolute atomic E-state index is 12.3. The van der Waals surface area contributed by atoms with Crippen LogP contribution in [0.2, 0.25) is 0 Å². The van der Waals surface area contributed by atoms with Gasteiger partial charge in [0.15, 0.2) is 5.11 Å². The summed E-state index contributed by atoms with van der Waals surface area (Å²) in [5, 5.41) is 21.7. The number of imidazole rings is 1. The minimum atomic E-state index is -3.81. The van der Waals surface area contributed by atoms with Crippen molar-refractivity contribution in [1.29, 1.82) is 0 Å². The molecule has 1 atom stereocenters. The molecular weight excluding hydrogens is 408 g/mol. The average Bonchev–Trinajstić information content (AvgIpc) is 3.11. The zero-order valence-electron chi connectivity index (χ0n) is 14.4. The van der Waals surface area contributed by atoms with Crippen LogP contribution in [-0.2, 0) is 26.0 Å². The van der Waals surface area contributed by atoms with E-state index in [-0.39, 0.29) is 16.4 Å². The molecule has 1 amide bonds. The second kappa shape index (κ2) is 9.25. The van der Waals surface area contributed by atoms with Crippen molar-refractivity contribution >= 4 is 44.9 Å². The van der Waals surface area contributed by atoms with E-state index in [9.17, 15) is 18.0 Å². The maximum atomic E-state index is 12.3. The molecule has 0 spiro atoms. The topological polar surface area (TPSA) is 179 Å². The van der Waals surface area contributed by atoms with Crippen LogP contribution in [0.5, 0.6) is 0 Å². The maximum Gasteiger partial charge on any atom is 0.322 e. The number of benzene rings is 1. The average molecular weight is 426 g/mol. The number of primary sulfonamides is 1. The predicted octanol–water partition coefficient (Wildman–Crippen LogP) is -0.844. The largest absolute Gasteiger partial charge is 0.480 e. The number of sulfonamides is 1. The number of amides is 1. The van der Waals surface area contributed by atoms with Gasteiger partial charge in [0, 0.05) is 24.0 Å². The number of H-pyrrole nitrogens is 1. The van der Waals surface area contributed by atoms with Crippen LogP contribution >= 0.6 is 12.2 Å². The summed E-state index contributed by atoms with van der Waals surface area (Å²) < 4.78 is 22.5. The summed E-state index contributed by atoms with van der Waals surface area (Å²) in [6.07, 6.45) is 3.16. The van der Waals surface area contributed by atoms with Gasteiger partial charge in [0.05, 0.1) is 11.2 Å². The molecule has 0 aliphatic heterocycles. The molecular formula is C15H18N6O5S2. The lowest BCUT2D eigenvalue weighted by Crippen LogP contribution is -2.50. The van der Waals surface area contributed by atoms with E-state index in [4.69, 9.17) is 22.5 Å². The molecule has 7 N–H and O–H groups in total. The molecule has 1 heterocycles. The molecule has 0 aliphatic carbocycles. The van der Waals surface area contributed by atoms with Crippen molar-refractivity contribution in [2.75, 3.05) is 11.9 Å². The zero-order chi connectivity index (χ0) is 20.7. The SMILES string of the molecule is NS(=O)(=O)c1ccc(NC(=S)N[C@@H](Cc2cnc[nH]2)C(=O)NCC(=O)O)cc1. The first-order chi connectivity index (χ1) is 13.1. The van der Waals surface area contributed by atoms with Crippen LogP contribution in [0.15, 0.2) is 41.7 Å². The Morgan fingerprint density at radius 1 is 1.29 bits per heavy atom. The quantitative estimate of drug-likeness (QED) is 0.293. The van der Waals surface area contributed by atoms with Crippen molar-refractivity contribution in [3.05, 3.63) is 42.5 Å². The van der Waals surface area contributed by atoms with Gasteiger partial charge in [-0.3, -0.25) is 9.59 Å². The Balaban J connectivity index is 2.04. The van der Waals surface area contributed by atoms with E-state index >= 15 is 0 Å². The minimum Gasteiger partial charge on any atom is -0.480 e. The van der Waals surface area contributed by atoms with Gasteiger partial charge in [-0.25, -0.2) is 18.5 Å². The van der Waals surface area contributed by atoms with Gasteiger partial charge in [-0.2, -0.15) is 0 Å². The van der Waals surface area contributed by atoms with Crippen molar-refractivity contribution in [1.82, 2.24) is 20.6 Å². The summed E-state index contributed by atoms with van der Waals surface area (Å²) in [7, 11) is -3.81. The first kappa shape index (κ1) is 21.3. The fourth-order valence-electron chi connectivity index (χ4n) is 2.16. The molecule has 0 saturated heterocycles. The molecule has 1 aromatic heterocycles. The Labute approximate surface area is 165 Å². The number of aliphatic carboxylic acids is 1. The van der Waals surface area contributed by atoms with Crippen molar-refractivity contribution in [2.45, 2.75) is 17.4 Å². The number of carboxylic acids is 1. The van der Waals surface area contributed by atoms with Crippen molar-refractivity contribution in [3.63, 3.8) is 0 Å². The molecule has 2 rings (SSSR count). The molecule has 1 aromatic carbocycles. The first-order valence-corrected chi connectivity index (χ1v) is 9.78. The summed E-state index contributed by atoms with van der Waals surface area (Å²) in [6.45, 7) is -0.533. The number of carboxylic acid groups (broad SMARTS) is 1. The molecule has 0 bridgehead atoms. The van der Waals surface area contributed by atoms with E-state index < -0.39 is 34.5 Å². The molecule has 13 heteroatoms. The van der Waals surface area contributed by atoms with Gasteiger partial charge in [0.1, 0.15) is 12.6 Å². The molecule has 0 unspecified atom stereocenters. The van der Waals surface area contributed by atoms with Gasteiger partial charge in [-0.1, -0.05) is 0 Å². The van der Waals surface area contributed by atoms with E-state index in [2.05, 4.69) is 25.9 Å². The number of nitrogens with zero attached hydrogens (tertiary/aromatic N) is 1. The third-order valence-electron chi connectivity index (χ3n) is 3.46. The van der Waals surface area contributed by atoms with Crippen LogP contribution in [-0.4, -0.2) is 53.1 Å². The van der Waals surface area contributed by atoms with Crippen LogP contribution in [0.4, 0.5) is 5.69 Å². The molecule has 0 saturated carbocycles. The fraction of sp³-hybridized carbons (Fsp3) is 0.200. The second-order valence-electron chi connectivity index (χ2n) is 5.61. The van der Waals surface area contributed by atoms with Crippen LogP contribution in [0.3, 0.4) is 0 Å². The second-order valence-corrected chi connectivity index (χ2v) is 7.58. The van der Waals surface area contributed by atoms with Gasteiger partial charge in [0.25, 0.3) is 0 Å². The van der Waals surface area contributed by atoms with Gasteiger partial charge in [0.2, 0.25) is 15.9 Å². The fourth-order valence-corrected chi connectivity index (χ4v) is 2.94. The van der Waals surface area contributed by atoms with Crippen LogP contribution in [0, 0.1) is 0 Å². The van der Waals surface area contributed by atoms with Gasteiger partial charge in [-0.05, 0) is 36.5 Å². The molecule has 0 fully saturated rings. The number of hydrogen-bond acceptors (Lipinski definition) is 6.